The van der Waals surface area contributed by atoms with Crippen LogP contribution in [0.4, 0.5) is 4.79 Å². The number of piperidine rings is 1. The van der Waals surface area contributed by atoms with Gasteiger partial charge in [0, 0.05) is 23.7 Å². The molecule has 2 fully saturated rings. The molecule has 2 amide bonds. The van der Waals surface area contributed by atoms with E-state index in [1.54, 1.807) is 0 Å². The SMILES string of the molecule is Cc1nc2ccc(-c3cc(C)c4c(c3)CN(C(=O)N3C5CCCC3C(N)C5)CCO4)cc2[nH]1. The Bertz CT molecular complexity index is 1230. The first-order chi connectivity index (χ1) is 16.0. The summed E-state index contributed by atoms with van der Waals surface area (Å²) >= 11 is 0. The molecule has 0 saturated carbocycles. The van der Waals surface area contributed by atoms with Crippen molar-refractivity contribution in [2.24, 2.45) is 5.73 Å². The van der Waals surface area contributed by atoms with Crippen molar-refractivity contribution >= 4 is 17.1 Å². The summed E-state index contributed by atoms with van der Waals surface area (Å²) in [7, 11) is 0. The first-order valence-electron chi connectivity index (χ1n) is 12.0. The summed E-state index contributed by atoms with van der Waals surface area (Å²) in [6.07, 6.45) is 4.18. The van der Waals surface area contributed by atoms with E-state index in [1.165, 1.54) is 6.42 Å². The molecule has 3 aliphatic heterocycles. The largest absolute Gasteiger partial charge is 0.491 e. The lowest BCUT2D eigenvalue weighted by atomic mass is 9.98. The maximum absolute atomic E-state index is 13.6. The van der Waals surface area contributed by atoms with Crippen LogP contribution in [0.1, 0.15) is 42.6 Å². The molecule has 2 saturated heterocycles. The summed E-state index contributed by atoms with van der Waals surface area (Å²) in [4.78, 5) is 25.5. The molecule has 0 spiro atoms. The minimum atomic E-state index is 0.104. The lowest BCUT2D eigenvalue weighted by molar-refractivity contribution is 0.105. The number of nitrogens with zero attached hydrogens (tertiary/aromatic N) is 3. The number of fused-ring (bicyclic) bond motifs is 4. The van der Waals surface area contributed by atoms with Crippen LogP contribution >= 0.6 is 0 Å². The van der Waals surface area contributed by atoms with Crippen LogP contribution in [0.25, 0.3) is 22.2 Å². The van der Waals surface area contributed by atoms with Gasteiger partial charge >= 0.3 is 6.03 Å². The number of aryl methyl sites for hydroxylation is 2. The minimum Gasteiger partial charge on any atom is -0.491 e. The van der Waals surface area contributed by atoms with Crippen molar-refractivity contribution in [1.29, 1.82) is 0 Å². The number of carbonyl (C=O) groups excluding carboxylic acids is 1. The maximum Gasteiger partial charge on any atom is 0.320 e. The fourth-order valence-electron chi connectivity index (χ4n) is 6.06. The van der Waals surface area contributed by atoms with Gasteiger partial charge in [-0.3, -0.25) is 0 Å². The van der Waals surface area contributed by atoms with Crippen LogP contribution in [0.5, 0.6) is 5.75 Å². The number of aromatic amines is 1. The number of ether oxygens (including phenoxy) is 1. The first kappa shape index (κ1) is 20.5. The van der Waals surface area contributed by atoms with Crippen molar-refractivity contribution in [2.75, 3.05) is 13.2 Å². The number of carbonyl (C=O) groups is 1. The molecule has 6 rings (SSSR count). The molecule has 33 heavy (non-hydrogen) atoms. The number of amides is 2. The second-order valence-corrected chi connectivity index (χ2v) is 9.85. The van der Waals surface area contributed by atoms with Crippen LogP contribution in [0.2, 0.25) is 0 Å². The number of nitrogens with two attached hydrogens (primary N) is 1. The molecule has 4 heterocycles. The van der Waals surface area contributed by atoms with Gasteiger partial charge in [0.05, 0.1) is 24.1 Å². The zero-order chi connectivity index (χ0) is 22.7. The van der Waals surface area contributed by atoms with Gasteiger partial charge in [0.1, 0.15) is 18.2 Å². The van der Waals surface area contributed by atoms with Crippen molar-refractivity contribution in [2.45, 2.75) is 64.2 Å². The predicted octanol–water partition coefficient (Wildman–Crippen LogP) is 4.12. The Morgan fingerprint density at radius 2 is 2.06 bits per heavy atom. The number of hydrogen-bond donors (Lipinski definition) is 2. The number of imidazole rings is 1. The molecule has 2 bridgehead atoms. The number of aromatic nitrogens is 2. The minimum absolute atomic E-state index is 0.104. The van der Waals surface area contributed by atoms with Gasteiger partial charge in [-0.05, 0) is 80.5 Å². The molecule has 172 valence electrons. The van der Waals surface area contributed by atoms with Crippen LogP contribution in [0, 0.1) is 13.8 Å². The van der Waals surface area contributed by atoms with E-state index in [2.05, 4.69) is 52.1 Å². The molecule has 2 aromatic carbocycles. The third-order valence-corrected chi connectivity index (χ3v) is 7.57. The van der Waals surface area contributed by atoms with E-state index in [4.69, 9.17) is 10.5 Å². The summed E-state index contributed by atoms with van der Waals surface area (Å²) in [5.41, 5.74) is 12.8. The number of H-pyrrole nitrogens is 1. The number of urea groups is 1. The zero-order valence-electron chi connectivity index (χ0n) is 19.3. The van der Waals surface area contributed by atoms with Crippen molar-refractivity contribution in [1.82, 2.24) is 19.8 Å². The van der Waals surface area contributed by atoms with Gasteiger partial charge in [-0.1, -0.05) is 6.07 Å². The average molecular weight is 446 g/mol. The van der Waals surface area contributed by atoms with Crippen molar-refractivity contribution in [3.63, 3.8) is 0 Å². The van der Waals surface area contributed by atoms with Crippen LogP contribution in [-0.2, 0) is 6.54 Å². The highest BCUT2D eigenvalue weighted by Gasteiger charge is 2.45. The highest BCUT2D eigenvalue weighted by atomic mass is 16.5. The van der Waals surface area contributed by atoms with Gasteiger partial charge < -0.3 is 25.3 Å². The highest BCUT2D eigenvalue weighted by Crippen LogP contribution is 2.38. The van der Waals surface area contributed by atoms with Crippen molar-refractivity contribution in [3.8, 4) is 16.9 Å². The Kier molecular flexibility index (Phi) is 4.83. The van der Waals surface area contributed by atoms with E-state index in [-0.39, 0.29) is 24.2 Å². The van der Waals surface area contributed by atoms with Crippen molar-refractivity contribution < 1.29 is 9.53 Å². The van der Waals surface area contributed by atoms with Crippen LogP contribution in [0.15, 0.2) is 30.3 Å². The molecule has 7 heteroatoms. The summed E-state index contributed by atoms with van der Waals surface area (Å²) in [5, 5.41) is 0. The fraction of sp³-hybridized carbons (Fsp3) is 0.462. The molecular weight excluding hydrogens is 414 g/mol. The number of hydrogen-bond acceptors (Lipinski definition) is 4. The summed E-state index contributed by atoms with van der Waals surface area (Å²) in [6.45, 7) is 5.71. The topological polar surface area (TPSA) is 87.5 Å². The van der Waals surface area contributed by atoms with E-state index in [0.29, 0.717) is 19.7 Å². The molecule has 3 aliphatic rings. The normalized spacial score (nSPS) is 24.5. The molecule has 3 N–H and O–H groups in total. The molecule has 0 radical (unpaired) electrons. The van der Waals surface area contributed by atoms with Crippen molar-refractivity contribution in [3.05, 3.63) is 47.3 Å². The van der Waals surface area contributed by atoms with E-state index >= 15 is 0 Å². The zero-order valence-corrected chi connectivity index (χ0v) is 19.3. The van der Waals surface area contributed by atoms with Gasteiger partial charge in [-0.2, -0.15) is 0 Å². The van der Waals surface area contributed by atoms with E-state index < -0.39 is 0 Å². The van der Waals surface area contributed by atoms with Crippen LogP contribution < -0.4 is 10.5 Å². The standard InChI is InChI=1S/C26H31N5O2/c1-15-10-18(17-6-7-22-23(12-17)29-16(2)28-22)11-19-14-30(8-9-33-25(15)19)26(32)31-20-4-3-5-24(31)21(27)13-20/h6-7,10-12,20-21,24H,3-5,8-9,13-14,27H2,1-2H3,(H,28,29). The predicted molar refractivity (Wildman–Crippen MR) is 128 cm³/mol. The second-order valence-electron chi connectivity index (χ2n) is 9.85. The first-order valence-corrected chi connectivity index (χ1v) is 12.0. The Morgan fingerprint density at radius 3 is 2.91 bits per heavy atom. The van der Waals surface area contributed by atoms with Gasteiger partial charge in [0.25, 0.3) is 0 Å². The molecule has 1 aromatic heterocycles. The Morgan fingerprint density at radius 1 is 1.18 bits per heavy atom. The second kappa shape index (κ2) is 7.76. The monoisotopic (exact) mass is 445 g/mol. The van der Waals surface area contributed by atoms with Crippen LogP contribution in [0.3, 0.4) is 0 Å². The number of rotatable bonds is 1. The molecule has 3 unspecified atom stereocenters. The Balaban J connectivity index is 1.32. The lowest BCUT2D eigenvalue weighted by Crippen LogP contribution is -2.53. The quantitative estimate of drug-likeness (QED) is 0.590. The van der Waals surface area contributed by atoms with Gasteiger partial charge in [-0.15, -0.1) is 0 Å². The molecule has 3 atom stereocenters. The molecule has 7 nitrogen and oxygen atoms in total. The fourth-order valence-corrected chi connectivity index (χ4v) is 6.06. The molecule has 0 aliphatic carbocycles. The summed E-state index contributed by atoms with van der Waals surface area (Å²) < 4.78 is 6.15. The summed E-state index contributed by atoms with van der Waals surface area (Å²) in [6, 6.07) is 11.3. The van der Waals surface area contributed by atoms with Gasteiger partial charge in [-0.25, -0.2) is 9.78 Å². The van der Waals surface area contributed by atoms with E-state index in [1.807, 2.05) is 11.8 Å². The maximum atomic E-state index is 13.6. The Hall–Kier alpha value is -3.06. The van der Waals surface area contributed by atoms with Crippen LogP contribution in [-0.4, -0.2) is 57.1 Å². The van der Waals surface area contributed by atoms with E-state index in [0.717, 1.165) is 64.1 Å². The smallest absolute Gasteiger partial charge is 0.320 e. The Labute approximate surface area is 193 Å². The highest BCUT2D eigenvalue weighted by molar-refractivity contribution is 5.83. The van der Waals surface area contributed by atoms with Gasteiger partial charge in [0.2, 0.25) is 0 Å². The average Bonchev–Trinajstić information content (AvgIpc) is 3.13. The third kappa shape index (κ3) is 3.46. The summed E-state index contributed by atoms with van der Waals surface area (Å²) in [5.74, 6) is 1.82. The van der Waals surface area contributed by atoms with Gasteiger partial charge in [0.15, 0.2) is 0 Å². The molecule has 3 aromatic rings. The number of nitrogens with one attached hydrogen (secondary N) is 1. The van der Waals surface area contributed by atoms with E-state index in [9.17, 15) is 4.79 Å². The molecular formula is C26H31N5O2. The lowest BCUT2D eigenvalue weighted by Gasteiger charge is -2.38. The third-order valence-electron chi connectivity index (χ3n) is 7.57. The number of benzene rings is 2.